The zero-order valence-corrected chi connectivity index (χ0v) is 17.4. The first-order valence-electron chi connectivity index (χ1n) is 8.48. The Morgan fingerprint density at radius 3 is 2.79 bits per heavy atom. The molecule has 2 aromatic heterocycles. The van der Waals surface area contributed by atoms with Crippen molar-refractivity contribution in [1.82, 2.24) is 25.3 Å². The Bertz CT molecular complexity index is 1080. The normalized spacial score (nSPS) is 11.6. The SMILES string of the molecule is CC(=O)c1cc(C(=O)N[C@@H](C)Cn2ccc(-c3ccc(C#N)c(I)c3)n2)n[nH]1. The molecule has 1 amide bonds. The molecule has 0 aliphatic heterocycles. The van der Waals surface area contributed by atoms with Crippen molar-refractivity contribution in [3.63, 3.8) is 0 Å². The fraction of sp³-hybridized carbons (Fsp3) is 0.211. The van der Waals surface area contributed by atoms with E-state index in [0.717, 1.165) is 14.8 Å². The van der Waals surface area contributed by atoms with Crippen LogP contribution in [0.1, 0.15) is 40.4 Å². The number of aromatic nitrogens is 4. The maximum Gasteiger partial charge on any atom is 0.272 e. The van der Waals surface area contributed by atoms with Crippen LogP contribution < -0.4 is 5.32 Å². The number of carbonyl (C=O) groups excluding carboxylic acids is 2. The number of benzene rings is 1. The molecule has 0 saturated heterocycles. The van der Waals surface area contributed by atoms with Crippen molar-refractivity contribution in [2.45, 2.75) is 26.4 Å². The third kappa shape index (κ3) is 4.45. The van der Waals surface area contributed by atoms with E-state index in [0.29, 0.717) is 17.8 Å². The Morgan fingerprint density at radius 2 is 2.14 bits per heavy atom. The second kappa shape index (κ2) is 8.35. The molecule has 2 heterocycles. The predicted octanol–water partition coefficient (Wildman–Crippen LogP) is 2.77. The Labute approximate surface area is 175 Å². The summed E-state index contributed by atoms with van der Waals surface area (Å²) in [5.74, 6) is -0.536. The minimum Gasteiger partial charge on any atom is -0.346 e. The lowest BCUT2D eigenvalue weighted by Crippen LogP contribution is -2.36. The van der Waals surface area contributed by atoms with E-state index in [9.17, 15) is 9.59 Å². The zero-order chi connectivity index (χ0) is 20.3. The molecule has 1 aromatic carbocycles. The van der Waals surface area contributed by atoms with Crippen LogP contribution in [0.3, 0.4) is 0 Å². The fourth-order valence-electron chi connectivity index (χ4n) is 2.62. The summed E-state index contributed by atoms with van der Waals surface area (Å²) in [5.41, 5.74) is 2.81. The van der Waals surface area contributed by atoms with Gasteiger partial charge in [-0.2, -0.15) is 15.5 Å². The maximum atomic E-state index is 12.2. The molecule has 0 aliphatic rings. The predicted molar refractivity (Wildman–Crippen MR) is 111 cm³/mol. The average Bonchev–Trinajstić information content (AvgIpc) is 3.31. The van der Waals surface area contributed by atoms with Crippen LogP contribution in [0.15, 0.2) is 36.5 Å². The van der Waals surface area contributed by atoms with Crippen LogP contribution in [0.5, 0.6) is 0 Å². The van der Waals surface area contributed by atoms with Crippen LogP contribution in [-0.2, 0) is 6.54 Å². The van der Waals surface area contributed by atoms with E-state index in [-0.39, 0.29) is 23.4 Å². The van der Waals surface area contributed by atoms with Crippen molar-refractivity contribution in [1.29, 1.82) is 5.26 Å². The molecule has 0 radical (unpaired) electrons. The molecule has 1 atom stereocenters. The van der Waals surface area contributed by atoms with Gasteiger partial charge in [0.15, 0.2) is 11.5 Å². The minimum absolute atomic E-state index is 0.172. The molecule has 0 fully saturated rings. The number of nitrogens with one attached hydrogen (secondary N) is 2. The number of carbonyl (C=O) groups is 2. The number of rotatable bonds is 6. The van der Waals surface area contributed by atoms with E-state index in [4.69, 9.17) is 5.26 Å². The van der Waals surface area contributed by atoms with Crippen LogP contribution in [0, 0.1) is 14.9 Å². The van der Waals surface area contributed by atoms with Gasteiger partial charge in [-0.1, -0.05) is 6.07 Å². The molecule has 0 spiro atoms. The van der Waals surface area contributed by atoms with Crippen molar-refractivity contribution in [2.24, 2.45) is 0 Å². The monoisotopic (exact) mass is 488 g/mol. The van der Waals surface area contributed by atoms with E-state index < -0.39 is 0 Å². The van der Waals surface area contributed by atoms with Gasteiger partial charge in [-0.05, 0) is 53.8 Å². The molecule has 3 aromatic rings. The molecule has 142 valence electrons. The topological polar surface area (TPSA) is 116 Å². The van der Waals surface area contributed by atoms with Crippen LogP contribution >= 0.6 is 22.6 Å². The number of aromatic amines is 1. The molecule has 0 bridgehead atoms. The fourth-order valence-corrected chi connectivity index (χ4v) is 3.26. The van der Waals surface area contributed by atoms with Gasteiger partial charge < -0.3 is 5.32 Å². The van der Waals surface area contributed by atoms with E-state index >= 15 is 0 Å². The lowest BCUT2D eigenvalue weighted by Gasteiger charge is -2.13. The molecule has 2 N–H and O–H groups in total. The first kappa shape index (κ1) is 19.8. The van der Waals surface area contributed by atoms with Gasteiger partial charge in [0, 0.05) is 28.3 Å². The first-order valence-corrected chi connectivity index (χ1v) is 9.56. The Morgan fingerprint density at radius 1 is 1.36 bits per heavy atom. The quantitative estimate of drug-likeness (QED) is 0.409. The zero-order valence-electron chi connectivity index (χ0n) is 15.2. The summed E-state index contributed by atoms with van der Waals surface area (Å²) in [5, 5.41) is 22.8. The van der Waals surface area contributed by atoms with Crippen LogP contribution in [0.2, 0.25) is 0 Å². The number of H-pyrrole nitrogens is 1. The largest absolute Gasteiger partial charge is 0.346 e. The van der Waals surface area contributed by atoms with Crippen molar-refractivity contribution in [3.05, 3.63) is 57.1 Å². The number of Topliss-reactive ketones (excluding diaryl/α,β-unsaturated/α-hetero) is 1. The van der Waals surface area contributed by atoms with Crippen molar-refractivity contribution < 1.29 is 9.59 Å². The number of ketones is 1. The summed E-state index contributed by atoms with van der Waals surface area (Å²) < 4.78 is 2.62. The van der Waals surface area contributed by atoms with E-state index in [1.165, 1.54) is 13.0 Å². The Hall–Kier alpha value is -3.00. The van der Waals surface area contributed by atoms with Gasteiger partial charge in [0.2, 0.25) is 0 Å². The van der Waals surface area contributed by atoms with Crippen LogP contribution in [0.4, 0.5) is 0 Å². The highest BCUT2D eigenvalue weighted by atomic mass is 127. The summed E-state index contributed by atoms with van der Waals surface area (Å²) in [6.45, 7) is 3.74. The maximum absolute atomic E-state index is 12.2. The number of nitrogens with zero attached hydrogens (tertiary/aromatic N) is 4. The number of nitriles is 1. The third-order valence-electron chi connectivity index (χ3n) is 4.05. The summed E-state index contributed by atoms with van der Waals surface area (Å²) in [4.78, 5) is 23.5. The van der Waals surface area contributed by atoms with Gasteiger partial charge in [-0.15, -0.1) is 0 Å². The second-order valence-electron chi connectivity index (χ2n) is 6.33. The number of amides is 1. The van der Waals surface area contributed by atoms with Crippen LogP contribution in [-0.4, -0.2) is 37.7 Å². The van der Waals surface area contributed by atoms with Crippen molar-refractivity contribution in [3.8, 4) is 17.3 Å². The average molecular weight is 488 g/mol. The highest BCUT2D eigenvalue weighted by Gasteiger charge is 2.15. The van der Waals surface area contributed by atoms with Gasteiger partial charge in [-0.3, -0.25) is 19.4 Å². The standard InChI is InChI=1S/C19H17IN6O2/c1-11(22-19(28)18-8-17(12(2)27)23-24-18)10-26-6-5-16(25-26)13-3-4-14(9-21)15(20)7-13/h3-8,11H,10H2,1-2H3,(H,22,28)(H,23,24)/t11-/m0/s1. The summed E-state index contributed by atoms with van der Waals surface area (Å²) >= 11 is 2.13. The second-order valence-corrected chi connectivity index (χ2v) is 7.49. The Kier molecular flexibility index (Phi) is 5.89. The molecule has 0 unspecified atom stereocenters. The molecule has 0 saturated carbocycles. The summed E-state index contributed by atoms with van der Waals surface area (Å²) in [6, 6.07) is 10.8. The minimum atomic E-state index is -0.356. The van der Waals surface area contributed by atoms with Crippen LogP contribution in [0.25, 0.3) is 11.3 Å². The van der Waals surface area contributed by atoms with Gasteiger partial charge in [0.25, 0.3) is 5.91 Å². The third-order valence-corrected chi connectivity index (χ3v) is 4.95. The molecule has 9 heteroatoms. The van der Waals surface area contributed by atoms with Crippen molar-refractivity contribution in [2.75, 3.05) is 0 Å². The molecule has 28 heavy (non-hydrogen) atoms. The molecular weight excluding hydrogens is 471 g/mol. The van der Waals surface area contributed by atoms with E-state index in [1.807, 2.05) is 31.3 Å². The smallest absolute Gasteiger partial charge is 0.272 e. The summed E-state index contributed by atoms with van der Waals surface area (Å²) in [7, 11) is 0. The lowest BCUT2D eigenvalue weighted by atomic mass is 10.1. The lowest BCUT2D eigenvalue weighted by molar-refractivity contribution is 0.0930. The van der Waals surface area contributed by atoms with E-state index in [1.54, 1.807) is 10.7 Å². The Balaban J connectivity index is 1.64. The van der Waals surface area contributed by atoms with Gasteiger partial charge in [-0.25, -0.2) is 0 Å². The molecule has 8 nitrogen and oxygen atoms in total. The van der Waals surface area contributed by atoms with Gasteiger partial charge in [0.1, 0.15) is 11.8 Å². The highest BCUT2D eigenvalue weighted by Crippen LogP contribution is 2.22. The van der Waals surface area contributed by atoms with E-state index in [2.05, 4.69) is 49.3 Å². The molecular formula is C19H17IN6O2. The number of hydrogen-bond acceptors (Lipinski definition) is 5. The molecule has 3 rings (SSSR count). The number of halogens is 1. The van der Waals surface area contributed by atoms with Gasteiger partial charge in [0.05, 0.1) is 17.8 Å². The highest BCUT2D eigenvalue weighted by molar-refractivity contribution is 14.1. The van der Waals surface area contributed by atoms with Crippen molar-refractivity contribution >= 4 is 34.3 Å². The molecule has 0 aliphatic carbocycles. The van der Waals surface area contributed by atoms with Gasteiger partial charge >= 0.3 is 0 Å². The summed E-state index contributed by atoms with van der Waals surface area (Å²) in [6.07, 6.45) is 1.84. The first-order chi connectivity index (χ1) is 13.4. The number of hydrogen-bond donors (Lipinski definition) is 2.